The van der Waals surface area contributed by atoms with Crippen molar-refractivity contribution in [1.29, 1.82) is 0 Å². The molecule has 1 N–H and O–H groups in total. The maximum atomic E-state index is 13.6. The first-order valence-corrected chi connectivity index (χ1v) is 7.17. The van der Waals surface area contributed by atoms with Gasteiger partial charge < -0.3 is 10.2 Å². The number of benzene rings is 1. The second-order valence-corrected chi connectivity index (χ2v) is 5.29. The molecule has 1 saturated heterocycles. The third kappa shape index (κ3) is 4.36. The molecule has 7 heteroatoms. The minimum Gasteiger partial charge on any atom is -0.338 e. The van der Waals surface area contributed by atoms with Gasteiger partial charge in [0.1, 0.15) is 23.0 Å². The van der Waals surface area contributed by atoms with E-state index >= 15 is 0 Å². The van der Waals surface area contributed by atoms with Gasteiger partial charge in [-0.05, 0) is 31.8 Å². The molecule has 22 heavy (non-hydrogen) atoms. The monoisotopic (exact) mass is 336 g/mol. The lowest BCUT2D eigenvalue weighted by atomic mass is 9.96. The van der Waals surface area contributed by atoms with Crippen molar-refractivity contribution < 1.29 is 18.0 Å². The van der Waals surface area contributed by atoms with Crippen LogP contribution in [0, 0.1) is 23.4 Å². The summed E-state index contributed by atoms with van der Waals surface area (Å²) >= 11 is 0. The minimum atomic E-state index is -1.15. The quantitative estimate of drug-likeness (QED) is 0.916. The molecule has 1 fully saturated rings. The molecule has 1 aliphatic rings. The Hall–Kier alpha value is -1.27. The van der Waals surface area contributed by atoms with Crippen molar-refractivity contribution in [1.82, 2.24) is 10.2 Å². The number of carbonyl (C=O) groups is 1. The van der Waals surface area contributed by atoms with Gasteiger partial charge in [-0.25, -0.2) is 13.2 Å². The molecule has 0 aromatic heterocycles. The Morgan fingerprint density at radius 3 is 2.27 bits per heavy atom. The molecule has 0 spiro atoms. The van der Waals surface area contributed by atoms with Crippen molar-refractivity contribution >= 4 is 18.3 Å². The summed E-state index contributed by atoms with van der Waals surface area (Å²) in [4.78, 5) is 13.6. The molecule has 1 aromatic rings. The van der Waals surface area contributed by atoms with Crippen molar-refractivity contribution in [3.8, 4) is 0 Å². The maximum Gasteiger partial charge on any atom is 0.259 e. The Balaban J connectivity index is 0.00000242. The van der Waals surface area contributed by atoms with Crippen molar-refractivity contribution in [2.24, 2.45) is 5.92 Å². The molecule has 0 bridgehead atoms. The fourth-order valence-corrected chi connectivity index (χ4v) is 2.59. The third-order valence-electron chi connectivity index (χ3n) is 3.81. The Kier molecular flexibility index (Phi) is 7.16. The zero-order valence-electron chi connectivity index (χ0n) is 12.4. The summed E-state index contributed by atoms with van der Waals surface area (Å²) in [6.07, 6.45) is 1.59. The van der Waals surface area contributed by atoms with Gasteiger partial charge in [0.05, 0.1) is 0 Å². The summed E-state index contributed by atoms with van der Waals surface area (Å²) in [6.45, 7) is 4.73. The Morgan fingerprint density at radius 2 is 1.77 bits per heavy atom. The molecule has 1 heterocycles. The van der Waals surface area contributed by atoms with Gasteiger partial charge >= 0.3 is 0 Å². The number of amides is 1. The maximum absolute atomic E-state index is 13.6. The first-order chi connectivity index (χ1) is 10.0. The largest absolute Gasteiger partial charge is 0.338 e. The van der Waals surface area contributed by atoms with E-state index in [9.17, 15) is 18.0 Å². The molecule has 2 rings (SSSR count). The van der Waals surface area contributed by atoms with E-state index in [4.69, 9.17) is 0 Å². The summed E-state index contributed by atoms with van der Waals surface area (Å²) in [6, 6.07) is 1.07. The van der Waals surface area contributed by atoms with Gasteiger partial charge in [-0.15, -0.1) is 12.4 Å². The molecule has 0 saturated carbocycles. The fourth-order valence-electron chi connectivity index (χ4n) is 2.59. The van der Waals surface area contributed by atoms with Crippen LogP contribution in [-0.4, -0.2) is 37.0 Å². The van der Waals surface area contributed by atoms with Crippen LogP contribution >= 0.6 is 12.4 Å². The van der Waals surface area contributed by atoms with E-state index in [1.54, 1.807) is 0 Å². The van der Waals surface area contributed by atoms with Crippen LogP contribution < -0.4 is 5.32 Å². The molecule has 1 amide bonds. The van der Waals surface area contributed by atoms with Gasteiger partial charge in [-0.3, -0.25) is 4.79 Å². The van der Waals surface area contributed by atoms with E-state index in [-0.39, 0.29) is 12.4 Å². The van der Waals surface area contributed by atoms with E-state index in [0.29, 0.717) is 31.1 Å². The van der Waals surface area contributed by atoms with E-state index in [1.807, 2.05) is 6.92 Å². The second kappa shape index (κ2) is 8.39. The van der Waals surface area contributed by atoms with Gasteiger partial charge in [0, 0.05) is 25.2 Å². The van der Waals surface area contributed by atoms with Crippen LogP contribution in [0.5, 0.6) is 0 Å². The highest BCUT2D eigenvalue weighted by atomic mass is 35.5. The lowest BCUT2D eigenvalue weighted by Crippen LogP contribution is -2.41. The van der Waals surface area contributed by atoms with E-state index < -0.39 is 28.9 Å². The van der Waals surface area contributed by atoms with Gasteiger partial charge in [-0.1, -0.05) is 6.92 Å². The summed E-state index contributed by atoms with van der Waals surface area (Å²) in [7, 11) is 0. The first kappa shape index (κ1) is 18.8. The number of likely N-dealkylation sites (tertiary alicyclic amines) is 1. The van der Waals surface area contributed by atoms with Crippen LogP contribution in [0.1, 0.15) is 30.1 Å². The molecular weight excluding hydrogens is 317 g/mol. The van der Waals surface area contributed by atoms with E-state index in [0.717, 1.165) is 25.9 Å². The Morgan fingerprint density at radius 1 is 1.23 bits per heavy atom. The van der Waals surface area contributed by atoms with E-state index in [2.05, 4.69) is 5.32 Å². The number of rotatable bonds is 4. The summed E-state index contributed by atoms with van der Waals surface area (Å²) < 4.78 is 40.1. The van der Waals surface area contributed by atoms with Crippen LogP contribution in [0.2, 0.25) is 0 Å². The molecule has 3 nitrogen and oxygen atoms in total. The average Bonchev–Trinajstić information content (AvgIpc) is 2.44. The lowest BCUT2D eigenvalue weighted by molar-refractivity contribution is 0.0680. The first-order valence-electron chi connectivity index (χ1n) is 7.17. The summed E-state index contributed by atoms with van der Waals surface area (Å²) in [5.41, 5.74) is -0.665. The van der Waals surface area contributed by atoms with Gasteiger partial charge in [-0.2, -0.15) is 0 Å². The standard InChI is InChI=1S/C15H19F3N2O.ClH/c1-2-19-9-10-3-5-20(6-4-10)15(21)14-12(17)7-11(16)8-13(14)18;/h7-8,10,19H,2-6,9H2,1H3;1H. The smallest absolute Gasteiger partial charge is 0.259 e. The van der Waals surface area contributed by atoms with Crippen LogP contribution in [0.15, 0.2) is 12.1 Å². The van der Waals surface area contributed by atoms with Crippen LogP contribution in [0.3, 0.4) is 0 Å². The molecule has 0 unspecified atom stereocenters. The molecule has 0 aliphatic carbocycles. The topological polar surface area (TPSA) is 32.3 Å². The number of hydrogen-bond donors (Lipinski definition) is 1. The number of piperidine rings is 1. The number of nitrogens with one attached hydrogen (secondary N) is 1. The average molecular weight is 337 g/mol. The molecule has 0 atom stereocenters. The highest BCUT2D eigenvalue weighted by Crippen LogP contribution is 2.21. The van der Waals surface area contributed by atoms with Crippen molar-refractivity contribution in [2.75, 3.05) is 26.2 Å². The van der Waals surface area contributed by atoms with Crippen LogP contribution in [0.25, 0.3) is 0 Å². The zero-order chi connectivity index (χ0) is 15.4. The van der Waals surface area contributed by atoms with Crippen LogP contribution in [-0.2, 0) is 0 Å². The summed E-state index contributed by atoms with van der Waals surface area (Å²) in [5, 5.41) is 3.25. The molecule has 124 valence electrons. The number of carbonyl (C=O) groups excluding carboxylic acids is 1. The summed E-state index contributed by atoms with van der Waals surface area (Å²) in [5.74, 6) is -3.55. The number of halogens is 4. The molecular formula is C15H20ClF3N2O. The minimum absolute atomic E-state index is 0. The lowest BCUT2D eigenvalue weighted by Gasteiger charge is -2.32. The Labute approximate surface area is 134 Å². The van der Waals surface area contributed by atoms with Crippen molar-refractivity contribution in [3.63, 3.8) is 0 Å². The SMILES string of the molecule is CCNCC1CCN(C(=O)c2c(F)cc(F)cc2F)CC1.Cl. The molecule has 0 radical (unpaired) electrons. The number of hydrogen-bond acceptors (Lipinski definition) is 2. The number of nitrogens with zero attached hydrogens (tertiary/aromatic N) is 1. The van der Waals surface area contributed by atoms with E-state index in [1.165, 1.54) is 4.90 Å². The Bertz CT molecular complexity index is 497. The predicted octanol–water partition coefficient (Wildman–Crippen LogP) is 2.99. The second-order valence-electron chi connectivity index (χ2n) is 5.29. The van der Waals surface area contributed by atoms with Gasteiger partial charge in [0.2, 0.25) is 0 Å². The van der Waals surface area contributed by atoms with Crippen LogP contribution in [0.4, 0.5) is 13.2 Å². The molecule has 1 aromatic carbocycles. The van der Waals surface area contributed by atoms with Gasteiger partial charge in [0.25, 0.3) is 5.91 Å². The molecule has 1 aliphatic heterocycles. The fraction of sp³-hybridized carbons (Fsp3) is 0.533. The normalized spacial score (nSPS) is 15.5. The highest BCUT2D eigenvalue weighted by molar-refractivity contribution is 5.94. The third-order valence-corrected chi connectivity index (χ3v) is 3.81. The van der Waals surface area contributed by atoms with Crippen molar-refractivity contribution in [3.05, 3.63) is 35.1 Å². The van der Waals surface area contributed by atoms with Crippen molar-refractivity contribution in [2.45, 2.75) is 19.8 Å². The predicted molar refractivity (Wildman–Crippen MR) is 80.7 cm³/mol. The highest BCUT2D eigenvalue weighted by Gasteiger charge is 2.27. The van der Waals surface area contributed by atoms with Gasteiger partial charge in [0.15, 0.2) is 0 Å². The zero-order valence-corrected chi connectivity index (χ0v) is 13.2.